The number of carbonyl (C=O) groups excluding carboxylic acids is 1. The zero-order valence-electron chi connectivity index (χ0n) is 19.3. The van der Waals surface area contributed by atoms with Crippen LogP contribution in [-0.4, -0.2) is 41.8 Å². The highest BCUT2D eigenvalue weighted by Crippen LogP contribution is 2.30. The van der Waals surface area contributed by atoms with Crippen molar-refractivity contribution in [3.63, 3.8) is 0 Å². The van der Waals surface area contributed by atoms with Crippen molar-refractivity contribution in [1.29, 1.82) is 0 Å². The Morgan fingerprint density at radius 1 is 0.857 bits per heavy atom. The lowest BCUT2D eigenvalue weighted by molar-refractivity contribution is -0.118. The number of benzene rings is 3. The number of nitrogens with one attached hydrogen (secondary N) is 2. The predicted molar refractivity (Wildman–Crippen MR) is 134 cm³/mol. The summed E-state index contributed by atoms with van der Waals surface area (Å²) in [5.74, 6) is 1.34. The maximum Gasteiger partial charge on any atom is 0.262 e. The van der Waals surface area contributed by atoms with Gasteiger partial charge < -0.3 is 24.3 Å². The van der Waals surface area contributed by atoms with E-state index in [9.17, 15) is 13.2 Å². The minimum absolute atomic E-state index is 0.0403. The number of hydrogen-bond donors (Lipinski definition) is 2. The lowest BCUT2D eigenvalue weighted by Crippen LogP contribution is -2.20. The molecule has 0 aliphatic heterocycles. The lowest BCUT2D eigenvalue weighted by atomic mass is 10.2. The molecule has 0 unspecified atom stereocenters. The van der Waals surface area contributed by atoms with Crippen LogP contribution in [0.2, 0.25) is 5.02 Å². The van der Waals surface area contributed by atoms with Crippen LogP contribution in [0.25, 0.3) is 0 Å². The Morgan fingerprint density at radius 3 is 2.14 bits per heavy atom. The number of hydrogen-bond acceptors (Lipinski definition) is 7. The molecule has 3 aromatic rings. The summed E-state index contributed by atoms with van der Waals surface area (Å²) in [6, 6.07) is 15.4. The van der Waals surface area contributed by atoms with E-state index < -0.39 is 15.9 Å². The van der Waals surface area contributed by atoms with E-state index in [-0.39, 0.29) is 22.3 Å². The molecule has 0 spiro atoms. The fourth-order valence-electron chi connectivity index (χ4n) is 3.02. The second kappa shape index (κ2) is 11.7. The van der Waals surface area contributed by atoms with Gasteiger partial charge in [-0.1, -0.05) is 11.6 Å². The van der Waals surface area contributed by atoms with Crippen LogP contribution in [0.4, 0.5) is 11.4 Å². The van der Waals surface area contributed by atoms with Gasteiger partial charge in [-0.2, -0.15) is 0 Å². The van der Waals surface area contributed by atoms with Crippen molar-refractivity contribution in [2.24, 2.45) is 0 Å². The van der Waals surface area contributed by atoms with Gasteiger partial charge in [-0.25, -0.2) is 8.42 Å². The molecule has 9 nitrogen and oxygen atoms in total. The van der Waals surface area contributed by atoms with E-state index >= 15 is 0 Å². The molecule has 0 fully saturated rings. The monoisotopic (exact) mass is 520 g/mol. The summed E-state index contributed by atoms with van der Waals surface area (Å²) >= 11 is 6.21. The molecule has 0 aliphatic carbocycles. The zero-order valence-corrected chi connectivity index (χ0v) is 20.9. The third kappa shape index (κ3) is 6.93. The van der Waals surface area contributed by atoms with E-state index in [1.165, 1.54) is 32.4 Å². The number of carbonyl (C=O) groups is 1. The molecule has 11 heteroatoms. The molecule has 2 N–H and O–H groups in total. The van der Waals surface area contributed by atoms with Crippen molar-refractivity contribution in [1.82, 2.24) is 0 Å². The maximum atomic E-state index is 12.7. The van der Waals surface area contributed by atoms with E-state index in [0.717, 1.165) is 0 Å². The number of rotatable bonds is 11. The first-order chi connectivity index (χ1) is 16.7. The van der Waals surface area contributed by atoms with Crippen molar-refractivity contribution in [2.45, 2.75) is 11.8 Å². The summed E-state index contributed by atoms with van der Waals surface area (Å²) in [5, 5.41) is 2.72. The van der Waals surface area contributed by atoms with Crippen LogP contribution in [-0.2, 0) is 14.8 Å². The first-order valence-electron chi connectivity index (χ1n) is 10.5. The summed E-state index contributed by atoms with van der Waals surface area (Å²) < 4.78 is 49.1. The van der Waals surface area contributed by atoms with Gasteiger partial charge in [0.2, 0.25) is 0 Å². The summed E-state index contributed by atoms with van der Waals surface area (Å²) in [5.41, 5.74) is 0.862. The van der Waals surface area contributed by atoms with Gasteiger partial charge in [0.25, 0.3) is 15.9 Å². The van der Waals surface area contributed by atoms with E-state index in [2.05, 4.69) is 10.0 Å². The Hall–Kier alpha value is -3.63. The standard InChI is InChI=1S/C24H25ClN2O7S/c1-4-33-18-8-5-16(6-9-18)27-35(29,30)19-10-12-21(20(25)14-19)34-15-24(28)26-17-7-11-22(31-2)23(13-17)32-3/h5-14,27H,4,15H2,1-3H3,(H,26,28). The Bertz CT molecular complexity index is 1280. The number of ether oxygens (including phenoxy) is 4. The quantitative estimate of drug-likeness (QED) is 0.380. The Balaban J connectivity index is 1.61. The first kappa shape index (κ1) is 26.0. The zero-order chi connectivity index (χ0) is 25.4. The number of amides is 1. The van der Waals surface area contributed by atoms with Gasteiger partial charge in [-0.05, 0) is 61.5 Å². The second-order valence-corrected chi connectivity index (χ2v) is 9.15. The largest absolute Gasteiger partial charge is 0.494 e. The molecule has 0 aliphatic rings. The Kier molecular flexibility index (Phi) is 8.67. The molecule has 3 rings (SSSR count). The molecular formula is C24H25ClN2O7S. The Morgan fingerprint density at radius 2 is 1.51 bits per heavy atom. The molecule has 0 heterocycles. The normalized spacial score (nSPS) is 10.9. The average molecular weight is 521 g/mol. The van der Waals surface area contributed by atoms with Gasteiger partial charge in [0.05, 0.1) is 30.7 Å². The van der Waals surface area contributed by atoms with Gasteiger partial charge >= 0.3 is 0 Å². The number of halogens is 1. The Labute approximate surface area is 209 Å². The minimum atomic E-state index is -3.89. The van der Waals surface area contributed by atoms with Crippen LogP contribution < -0.4 is 29.0 Å². The molecule has 0 saturated carbocycles. The molecule has 3 aromatic carbocycles. The fourth-order valence-corrected chi connectivity index (χ4v) is 4.40. The van der Waals surface area contributed by atoms with Gasteiger partial charge in [-0.15, -0.1) is 0 Å². The minimum Gasteiger partial charge on any atom is -0.494 e. The molecule has 0 saturated heterocycles. The molecule has 0 radical (unpaired) electrons. The lowest BCUT2D eigenvalue weighted by Gasteiger charge is -2.13. The van der Waals surface area contributed by atoms with Crippen LogP contribution >= 0.6 is 11.6 Å². The van der Waals surface area contributed by atoms with Crippen LogP contribution in [0.1, 0.15) is 6.92 Å². The van der Waals surface area contributed by atoms with Gasteiger partial charge in [0, 0.05) is 17.4 Å². The highest BCUT2D eigenvalue weighted by molar-refractivity contribution is 7.92. The first-order valence-corrected chi connectivity index (χ1v) is 12.3. The highest BCUT2D eigenvalue weighted by atomic mass is 35.5. The van der Waals surface area contributed by atoms with Crippen molar-refractivity contribution in [3.8, 4) is 23.0 Å². The predicted octanol–water partition coefficient (Wildman–Crippen LogP) is 4.57. The molecular weight excluding hydrogens is 496 g/mol. The van der Waals surface area contributed by atoms with Crippen LogP contribution in [0.3, 0.4) is 0 Å². The van der Waals surface area contributed by atoms with Crippen molar-refractivity contribution in [2.75, 3.05) is 37.5 Å². The number of methoxy groups -OCH3 is 2. The molecule has 0 aromatic heterocycles. The molecule has 0 bridgehead atoms. The van der Waals surface area contributed by atoms with E-state index in [0.29, 0.717) is 35.2 Å². The van der Waals surface area contributed by atoms with Crippen molar-refractivity contribution >= 4 is 38.9 Å². The number of anilines is 2. The van der Waals surface area contributed by atoms with E-state index in [4.69, 9.17) is 30.5 Å². The smallest absolute Gasteiger partial charge is 0.262 e. The fraction of sp³-hybridized carbons (Fsp3) is 0.208. The summed E-state index contributed by atoms with van der Waals surface area (Å²) in [4.78, 5) is 12.2. The van der Waals surface area contributed by atoms with Gasteiger partial charge in [0.15, 0.2) is 18.1 Å². The summed E-state index contributed by atoms with van der Waals surface area (Å²) in [6.45, 7) is 2.03. The van der Waals surface area contributed by atoms with Crippen LogP contribution in [0.15, 0.2) is 65.6 Å². The van der Waals surface area contributed by atoms with Gasteiger partial charge in [0.1, 0.15) is 11.5 Å². The summed E-state index contributed by atoms with van der Waals surface area (Å²) in [7, 11) is -0.888. The van der Waals surface area contributed by atoms with Crippen LogP contribution in [0, 0.1) is 0 Å². The third-order valence-corrected chi connectivity index (χ3v) is 6.33. The van der Waals surface area contributed by atoms with Crippen molar-refractivity contribution < 1.29 is 32.2 Å². The SMILES string of the molecule is CCOc1ccc(NS(=O)(=O)c2ccc(OCC(=O)Nc3ccc(OC)c(OC)c3)c(Cl)c2)cc1. The number of sulfonamides is 1. The molecule has 1 amide bonds. The summed E-state index contributed by atoms with van der Waals surface area (Å²) in [6.07, 6.45) is 0. The van der Waals surface area contributed by atoms with Crippen LogP contribution in [0.5, 0.6) is 23.0 Å². The molecule has 186 valence electrons. The molecule has 35 heavy (non-hydrogen) atoms. The third-order valence-electron chi connectivity index (χ3n) is 4.66. The second-order valence-electron chi connectivity index (χ2n) is 7.06. The van der Waals surface area contributed by atoms with E-state index in [1.54, 1.807) is 42.5 Å². The molecule has 0 atom stereocenters. The highest BCUT2D eigenvalue weighted by Gasteiger charge is 2.17. The maximum absolute atomic E-state index is 12.7. The topological polar surface area (TPSA) is 112 Å². The van der Waals surface area contributed by atoms with Gasteiger partial charge in [-0.3, -0.25) is 9.52 Å². The average Bonchev–Trinajstić information content (AvgIpc) is 2.84. The van der Waals surface area contributed by atoms with Crippen molar-refractivity contribution in [3.05, 3.63) is 65.7 Å². The van der Waals surface area contributed by atoms with E-state index in [1.807, 2.05) is 6.92 Å².